The molecule has 0 radical (unpaired) electrons. The van der Waals surface area contributed by atoms with E-state index < -0.39 is 0 Å². The lowest BCUT2D eigenvalue weighted by atomic mass is 10.1. The number of benzene rings is 1. The van der Waals surface area contributed by atoms with E-state index in [1.54, 1.807) is 18.6 Å². The Bertz CT molecular complexity index is 680. The number of nitrogens with zero attached hydrogens (tertiary/aromatic N) is 3. The number of hydrazone groups is 1. The highest BCUT2D eigenvalue weighted by molar-refractivity contribution is 5.94. The molecule has 1 aliphatic rings. The minimum atomic E-state index is -0.229. The number of morpholine rings is 1. The van der Waals surface area contributed by atoms with Crippen LogP contribution >= 0.6 is 0 Å². The Morgan fingerprint density at radius 2 is 2.04 bits per heavy atom. The number of carbonyl (C=O) groups is 1. The van der Waals surface area contributed by atoms with Crippen LogP contribution in [0.4, 0.5) is 0 Å². The molecular formula is C18H20N4O2. The Balaban J connectivity index is 1.52. The van der Waals surface area contributed by atoms with Crippen molar-refractivity contribution in [2.24, 2.45) is 5.10 Å². The first-order chi connectivity index (χ1) is 11.8. The molecule has 1 aromatic carbocycles. The highest BCUT2D eigenvalue weighted by Gasteiger charge is 2.11. The number of hydrogen-bond acceptors (Lipinski definition) is 5. The van der Waals surface area contributed by atoms with Crippen LogP contribution in [-0.4, -0.2) is 48.3 Å². The van der Waals surface area contributed by atoms with Crippen molar-refractivity contribution in [2.75, 3.05) is 26.3 Å². The van der Waals surface area contributed by atoms with Gasteiger partial charge in [0.05, 0.1) is 19.4 Å². The van der Waals surface area contributed by atoms with Gasteiger partial charge in [-0.25, -0.2) is 5.43 Å². The number of rotatable bonds is 5. The van der Waals surface area contributed by atoms with E-state index in [9.17, 15) is 4.79 Å². The van der Waals surface area contributed by atoms with Gasteiger partial charge < -0.3 is 4.74 Å². The van der Waals surface area contributed by atoms with Crippen molar-refractivity contribution >= 4 is 12.1 Å². The Labute approximate surface area is 141 Å². The van der Waals surface area contributed by atoms with Gasteiger partial charge in [0.15, 0.2) is 0 Å². The van der Waals surface area contributed by atoms with E-state index in [0.29, 0.717) is 5.56 Å². The largest absolute Gasteiger partial charge is 0.379 e. The summed E-state index contributed by atoms with van der Waals surface area (Å²) >= 11 is 0. The Kier molecular flexibility index (Phi) is 5.65. The molecule has 2 aromatic rings. The van der Waals surface area contributed by atoms with Crippen molar-refractivity contribution < 1.29 is 9.53 Å². The van der Waals surface area contributed by atoms with Crippen LogP contribution in [0.15, 0.2) is 53.9 Å². The number of amides is 1. The lowest BCUT2D eigenvalue weighted by molar-refractivity contribution is 0.0342. The molecule has 1 saturated heterocycles. The molecule has 0 bridgehead atoms. The van der Waals surface area contributed by atoms with Gasteiger partial charge in [0.1, 0.15) is 0 Å². The molecule has 0 unspecified atom stereocenters. The van der Waals surface area contributed by atoms with Gasteiger partial charge >= 0.3 is 0 Å². The molecule has 3 rings (SSSR count). The molecule has 0 saturated carbocycles. The molecule has 24 heavy (non-hydrogen) atoms. The zero-order valence-corrected chi connectivity index (χ0v) is 13.4. The average molecular weight is 324 g/mol. The summed E-state index contributed by atoms with van der Waals surface area (Å²) in [6, 6.07) is 11.3. The minimum Gasteiger partial charge on any atom is -0.379 e. The third kappa shape index (κ3) is 4.71. The fraction of sp³-hybridized carbons (Fsp3) is 0.278. The summed E-state index contributed by atoms with van der Waals surface area (Å²) in [4.78, 5) is 18.4. The first-order valence-corrected chi connectivity index (χ1v) is 7.94. The van der Waals surface area contributed by atoms with Crippen molar-refractivity contribution in [3.63, 3.8) is 0 Å². The van der Waals surface area contributed by atoms with Gasteiger partial charge in [0, 0.05) is 43.2 Å². The second-order valence-electron chi connectivity index (χ2n) is 5.57. The quantitative estimate of drug-likeness (QED) is 0.671. The second kappa shape index (κ2) is 8.33. The van der Waals surface area contributed by atoms with E-state index in [0.717, 1.165) is 38.4 Å². The van der Waals surface area contributed by atoms with Gasteiger partial charge in [-0.05, 0) is 23.8 Å². The third-order valence-corrected chi connectivity index (χ3v) is 3.79. The lowest BCUT2D eigenvalue weighted by Crippen LogP contribution is -2.35. The van der Waals surface area contributed by atoms with Gasteiger partial charge in [0.2, 0.25) is 0 Å². The topological polar surface area (TPSA) is 66.8 Å². The van der Waals surface area contributed by atoms with Crippen molar-refractivity contribution in [1.29, 1.82) is 0 Å². The summed E-state index contributed by atoms with van der Waals surface area (Å²) in [5.74, 6) is -0.229. The number of nitrogens with one attached hydrogen (secondary N) is 1. The smallest absolute Gasteiger partial charge is 0.271 e. The van der Waals surface area contributed by atoms with E-state index in [1.807, 2.05) is 36.4 Å². The fourth-order valence-electron chi connectivity index (χ4n) is 2.46. The number of aromatic nitrogens is 1. The zero-order valence-electron chi connectivity index (χ0n) is 13.4. The summed E-state index contributed by atoms with van der Waals surface area (Å²) in [5.41, 5.74) is 5.13. The maximum Gasteiger partial charge on any atom is 0.271 e. The molecule has 0 atom stereocenters. The lowest BCUT2D eigenvalue weighted by Gasteiger charge is -2.26. The van der Waals surface area contributed by atoms with Crippen molar-refractivity contribution in [2.45, 2.75) is 6.54 Å². The van der Waals surface area contributed by atoms with Crippen LogP contribution in [-0.2, 0) is 11.3 Å². The van der Waals surface area contributed by atoms with E-state index in [-0.39, 0.29) is 5.91 Å². The first-order valence-electron chi connectivity index (χ1n) is 7.94. The van der Waals surface area contributed by atoms with Crippen LogP contribution in [0.25, 0.3) is 0 Å². The maximum absolute atomic E-state index is 12.1. The molecular weight excluding hydrogens is 304 g/mol. The van der Waals surface area contributed by atoms with E-state index in [4.69, 9.17) is 4.74 Å². The number of pyridine rings is 1. The van der Waals surface area contributed by atoms with E-state index >= 15 is 0 Å². The highest BCUT2D eigenvalue weighted by Crippen LogP contribution is 2.09. The maximum atomic E-state index is 12.1. The monoisotopic (exact) mass is 324 g/mol. The number of carbonyl (C=O) groups excluding carboxylic acids is 1. The molecule has 1 amide bonds. The minimum absolute atomic E-state index is 0.229. The third-order valence-electron chi connectivity index (χ3n) is 3.79. The predicted molar refractivity (Wildman–Crippen MR) is 91.8 cm³/mol. The van der Waals surface area contributed by atoms with Crippen LogP contribution in [0.3, 0.4) is 0 Å². The molecule has 0 spiro atoms. The highest BCUT2D eigenvalue weighted by atomic mass is 16.5. The van der Waals surface area contributed by atoms with E-state index in [2.05, 4.69) is 20.4 Å². The normalized spacial score (nSPS) is 15.5. The molecule has 6 nitrogen and oxygen atoms in total. The summed E-state index contributed by atoms with van der Waals surface area (Å²) in [7, 11) is 0. The van der Waals surface area contributed by atoms with Crippen LogP contribution in [0.1, 0.15) is 21.5 Å². The molecule has 6 heteroatoms. The van der Waals surface area contributed by atoms with Gasteiger partial charge in [-0.2, -0.15) is 5.10 Å². The molecule has 0 aliphatic carbocycles. The van der Waals surface area contributed by atoms with Crippen LogP contribution in [0, 0.1) is 0 Å². The van der Waals surface area contributed by atoms with Crippen LogP contribution in [0.5, 0.6) is 0 Å². The SMILES string of the molecule is O=C(N/N=C/c1cccnc1)c1ccc(CN2CCOCC2)cc1. The van der Waals surface area contributed by atoms with Crippen molar-refractivity contribution in [3.8, 4) is 0 Å². The Hall–Kier alpha value is -2.57. The fourth-order valence-corrected chi connectivity index (χ4v) is 2.46. The van der Waals surface area contributed by atoms with Crippen LogP contribution < -0.4 is 5.43 Å². The molecule has 2 heterocycles. The van der Waals surface area contributed by atoms with Gasteiger partial charge in [-0.3, -0.25) is 14.7 Å². The number of ether oxygens (including phenoxy) is 1. The standard InChI is InChI=1S/C18H20N4O2/c23-18(21-20-13-16-2-1-7-19-12-16)17-5-3-15(4-6-17)14-22-8-10-24-11-9-22/h1-7,12-13H,8-11,14H2,(H,21,23)/b20-13+. The van der Waals surface area contributed by atoms with Gasteiger partial charge in [-0.1, -0.05) is 18.2 Å². The average Bonchev–Trinajstić information content (AvgIpc) is 2.64. The van der Waals surface area contributed by atoms with Gasteiger partial charge in [-0.15, -0.1) is 0 Å². The number of hydrogen-bond donors (Lipinski definition) is 1. The van der Waals surface area contributed by atoms with E-state index in [1.165, 1.54) is 5.56 Å². The van der Waals surface area contributed by atoms with Gasteiger partial charge in [0.25, 0.3) is 5.91 Å². The molecule has 1 N–H and O–H groups in total. The van der Waals surface area contributed by atoms with Crippen molar-refractivity contribution in [3.05, 3.63) is 65.5 Å². The predicted octanol–water partition coefficient (Wildman–Crippen LogP) is 1.68. The summed E-state index contributed by atoms with van der Waals surface area (Å²) in [6.07, 6.45) is 4.93. The summed E-state index contributed by atoms with van der Waals surface area (Å²) in [6.45, 7) is 4.35. The molecule has 1 aliphatic heterocycles. The molecule has 1 aromatic heterocycles. The Morgan fingerprint density at radius 1 is 1.25 bits per heavy atom. The molecule has 124 valence electrons. The van der Waals surface area contributed by atoms with Crippen LogP contribution in [0.2, 0.25) is 0 Å². The Morgan fingerprint density at radius 3 is 2.75 bits per heavy atom. The summed E-state index contributed by atoms with van der Waals surface area (Å²) < 4.78 is 5.35. The zero-order chi connectivity index (χ0) is 16.6. The second-order valence-corrected chi connectivity index (χ2v) is 5.57. The van der Waals surface area contributed by atoms with Crippen molar-refractivity contribution in [1.82, 2.24) is 15.3 Å². The first kappa shape index (κ1) is 16.3. The summed E-state index contributed by atoms with van der Waals surface area (Å²) in [5, 5.41) is 3.95. The molecule has 1 fully saturated rings.